The molecule has 8 nitrogen and oxygen atoms in total. The van der Waals surface area contributed by atoms with E-state index in [1.54, 1.807) is 11.8 Å². The van der Waals surface area contributed by atoms with Crippen molar-refractivity contribution in [1.29, 1.82) is 0 Å². The lowest BCUT2D eigenvalue weighted by atomic mass is 9.96. The summed E-state index contributed by atoms with van der Waals surface area (Å²) in [5.41, 5.74) is 1.35. The summed E-state index contributed by atoms with van der Waals surface area (Å²) in [5.74, 6) is 1.45. The molecule has 122 valence electrons. The number of carbonyl (C=O) groups excluding carboxylic acids is 1. The zero-order valence-corrected chi connectivity index (χ0v) is 13.2. The predicted molar refractivity (Wildman–Crippen MR) is 84.2 cm³/mol. The molecular formula is C16H16N6O2. The number of para-hydroxylation sites is 1. The Labute approximate surface area is 137 Å². The van der Waals surface area contributed by atoms with Crippen LogP contribution < -0.4 is 0 Å². The summed E-state index contributed by atoms with van der Waals surface area (Å²) in [6, 6.07) is 7.37. The zero-order valence-electron chi connectivity index (χ0n) is 13.2. The van der Waals surface area contributed by atoms with Gasteiger partial charge in [-0.15, -0.1) is 10.2 Å². The van der Waals surface area contributed by atoms with Crippen LogP contribution in [0.3, 0.4) is 0 Å². The lowest BCUT2D eigenvalue weighted by molar-refractivity contribution is 0.0691. The van der Waals surface area contributed by atoms with E-state index in [1.165, 1.54) is 0 Å². The number of amides is 1. The van der Waals surface area contributed by atoms with Crippen LogP contribution in [-0.2, 0) is 0 Å². The van der Waals surface area contributed by atoms with Gasteiger partial charge in [-0.3, -0.25) is 4.79 Å². The van der Waals surface area contributed by atoms with E-state index in [9.17, 15) is 4.79 Å². The number of nitrogens with zero attached hydrogens (tertiary/aromatic N) is 6. The van der Waals surface area contributed by atoms with Crippen LogP contribution in [0.15, 0.2) is 28.8 Å². The van der Waals surface area contributed by atoms with E-state index in [4.69, 9.17) is 4.52 Å². The first kappa shape index (κ1) is 14.7. The SMILES string of the molecule is Cc1noc(C2CCN(C(=O)c3nnc4ccccc4n3)CC2)n1. The predicted octanol–water partition coefficient (Wildman–Crippen LogP) is 1.74. The average molecular weight is 324 g/mol. The molecule has 0 spiro atoms. The molecule has 3 heterocycles. The molecule has 0 bridgehead atoms. The number of fused-ring (bicyclic) bond motifs is 1. The van der Waals surface area contributed by atoms with Gasteiger partial charge in [-0.2, -0.15) is 4.98 Å². The van der Waals surface area contributed by atoms with Crippen LogP contribution in [0.2, 0.25) is 0 Å². The number of hydrogen-bond donors (Lipinski definition) is 0. The molecule has 0 radical (unpaired) electrons. The number of aryl methyl sites for hydroxylation is 1. The Kier molecular flexibility index (Phi) is 3.64. The number of aromatic nitrogens is 5. The molecule has 0 unspecified atom stereocenters. The minimum absolute atomic E-state index is 0.140. The van der Waals surface area contributed by atoms with Crippen LogP contribution in [-0.4, -0.2) is 49.2 Å². The van der Waals surface area contributed by atoms with Gasteiger partial charge in [0.25, 0.3) is 5.91 Å². The number of benzene rings is 1. The molecular weight excluding hydrogens is 308 g/mol. The Bertz CT molecular complexity index is 885. The Balaban J connectivity index is 1.47. The summed E-state index contributed by atoms with van der Waals surface area (Å²) in [4.78, 5) is 23.0. The van der Waals surface area contributed by atoms with Crippen molar-refractivity contribution in [3.63, 3.8) is 0 Å². The van der Waals surface area contributed by atoms with Gasteiger partial charge in [-0.1, -0.05) is 17.3 Å². The molecule has 1 aromatic carbocycles. The van der Waals surface area contributed by atoms with Crippen LogP contribution in [0, 0.1) is 6.92 Å². The molecule has 1 fully saturated rings. The monoisotopic (exact) mass is 324 g/mol. The van der Waals surface area contributed by atoms with Gasteiger partial charge in [0.2, 0.25) is 11.7 Å². The molecule has 4 rings (SSSR count). The normalized spacial score (nSPS) is 15.8. The molecule has 24 heavy (non-hydrogen) atoms. The smallest absolute Gasteiger partial charge is 0.293 e. The highest BCUT2D eigenvalue weighted by Gasteiger charge is 2.29. The van der Waals surface area contributed by atoms with Gasteiger partial charge in [0.1, 0.15) is 5.52 Å². The fraction of sp³-hybridized carbons (Fsp3) is 0.375. The van der Waals surface area contributed by atoms with E-state index in [0.717, 1.165) is 12.8 Å². The number of hydrogen-bond acceptors (Lipinski definition) is 7. The van der Waals surface area contributed by atoms with Crippen molar-refractivity contribution >= 4 is 16.9 Å². The first-order valence-corrected chi connectivity index (χ1v) is 7.89. The van der Waals surface area contributed by atoms with Crippen LogP contribution in [0.5, 0.6) is 0 Å². The highest BCUT2D eigenvalue weighted by Crippen LogP contribution is 2.27. The molecule has 0 aliphatic carbocycles. The number of likely N-dealkylation sites (tertiary alicyclic amines) is 1. The van der Waals surface area contributed by atoms with Crippen molar-refractivity contribution in [3.05, 3.63) is 41.8 Å². The maximum atomic E-state index is 12.6. The molecule has 3 aromatic rings. The fourth-order valence-corrected chi connectivity index (χ4v) is 2.92. The molecule has 1 aliphatic heterocycles. The molecule has 1 aliphatic rings. The van der Waals surface area contributed by atoms with Gasteiger partial charge in [0.15, 0.2) is 5.82 Å². The van der Waals surface area contributed by atoms with Gasteiger partial charge >= 0.3 is 0 Å². The maximum absolute atomic E-state index is 12.6. The topological polar surface area (TPSA) is 97.9 Å². The quantitative estimate of drug-likeness (QED) is 0.708. The second kappa shape index (κ2) is 5.95. The van der Waals surface area contributed by atoms with E-state index in [2.05, 4.69) is 25.3 Å². The first-order valence-electron chi connectivity index (χ1n) is 7.89. The van der Waals surface area contributed by atoms with E-state index in [-0.39, 0.29) is 17.6 Å². The van der Waals surface area contributed by atoms with Gasteiger partial charge in [0, 0.05) is 19.0 Å². The summed E-state index contributed by atoms with van der Waals surface area (Å²) in [6.45, 7) is 3.03. The number of rotatable bonds is 2. The van der Waals surface area contributed by atoms with Crippen LogP contribution in [0.1, 0.15) is 41.1 Å². The van der Waals surface area contributed by atoms with E-state index in [0.29, 0.717) is 35.8 Å². The summed E-state index contributed by atoms with van der Waals surface area (Å²) in [5, 5.41) is 11.9. The Morgan fingerprint density at radius 2 is 1.88 bits per heavy atom. The summed E-state index contributed by atoms with van der Waals surface area (Å²) in [7, 11) is 0. The molecule has 0 saturated carbocycles. The zero-order chi connectivity index (χ0) is 16.5. The molecule has 0 atom stereocenters. The minimum atomic E-state index is -0.187. The lowest BCUT2D eigenvalue weighted by Crippen LogP contribution is -2.38. The van der Waals surface area contributed by atoms with Crippen molar-refractivity contribution in [3.8, 4) is 0 Å². The largest absolute Gasteiger partial charge is 0.339 e. The van der Waals surface area contributed by atoms with E-state index < -0.39 is 0 Å². The Morgan fingerprint density at radius 3 is 2.58 bits per heavy atom. The third-order valence-electron chi connectivity index (χ3n) is 4.23. The van der Waals surface area contributed by atoms with Crippen LogP contribution in [0.4, 0.5) is 0 Å². The van der Waals surface area contributed by atoms with E-state index in [1.807, 2.05) is 24.3 Å². The van der Waals surface area contributed by atoms with Crippen molar-refractivity contribution in [2.75, 3.05) is 13.1 Å². The van der Waals surface area contributed by atoms with Gasteiger partial charge in [-0.25, -0.2) is 4.98 Å². The molecule has 1 amide bonds. The van der Waals surface area contributed by atoms with Crippen molar-refractivity contribution in [1.82, 2.24) is 30.2 Å². The van der Waals surface area contributed by atoms with Crippen molar-refractivity contribution < 1.29 is 9.32 Å². The summed E-state index contributed by atoms with van der Waals surface area (Å²) in [6.07, 6.45) is 1.57. The van der Waals surface area contributed by atoms with Crippen LogP contribution in [0.25, 0.3) is 11.0 Å². The number of carbonyl (C=O) groups is 1. The number of piperidine rings is 1. The van der Waals surface area contributed by atoms with Gasteiger partial charge in [-0.05, 0) is 31.9 Å². The second-order valence-corrected chi connectivity index (χ2v) is 5.87. The maximum Gasteiger partial charge on any atom is 0.293 e. The first-order chi connectivity index (χ1) is 11.7. The van der Waals surface area contributed by atoms with Crippen molar-refractivity contribution in [2.24, 2.45) is 0 Å². The fourth-order valence-electron chi connectivity index (χ4n) is 2.92. The highest BCUT2D eigenvalue weighted by atomic mass is 16.5. The van der Waals surface area contributed by atoms with Gasteiger partial charge in [0.05, 0.1) is 5.52 Å². The molecule has 1 saturated heterocycles. The van der Waals surface area contributed by atoms with Crippen molar-refractivity contribution in [2.45, 2.75) is 25.7 Å². The minimum Gasteiger partial charge on any atom is -0.339 e. The molecule has 2 aromatic heterocycles. The third-order valence-corrected chi connectivity index (χ3v) is 4.23. The highest BCUT2D eigenvalue weighted by molar-refractivity contribution is 5.92. The van der Waals surface area contributed by atoms with Crippen LogP contribution >= 0.6 is 0 Å². The third kappa shape index (κ3) is 2.70. The summed E-state index contributed by atoms with van der Waals surface area (Å²) < 4.78 is 5.23. The lowest BCUT2D eigenvalue weighted by Gasteiger charge is -2.29. The standard InChI is InChI=1S/C16H16N6O2/c1-10-17-15(24-21-10)11-6-8-22(9-7-11)16(23)14-18-12-4-2-3-5-13(12)19-20-14/h2-5,11H,6-9H2,1H3. The molecule has 0 N–H and O–H groups in total. The van der Waals surface area contributed by atoms with Gasteiger partial charge < -0.3 is 9.42 Å². The average Bonchev–Trinajstić information content (AvgIpc) is 3.07. The second-order valence-electron chi connectivity index (χ2n) is 5.87. The Morgan fingerprint density at radius 1 is 1.12 bits per heavy atom. The summed E-state index contributed by atoms with van der Waals surface area (Å²) >= 11 is 0. The Hall–Kier alpha value is -2.90. The van der Waals surface area contributed by atoms with E-state index >= 15 is 0 Å². The molecule has 8 heteroatoms.